The lowest BCUT2D eigenvalue weighted by Crippen LogP contribution is -2.14. The largest absolute Gasteiger partial charge is 0.438 e. The number of nitrogens with zero attached hydrogens (tertiary/aromatic N) is 4. The normalized spacial score (nSPS) is 11.9. The summed E-state index contributed by atoms with van der Waals surface area (Å²) in [5, 5.41) is 0.904. The standard InChI is InChI=1S/C20H27BrN4OS/c1-8-25(7)12-22-16-10-15(21)17(9-13(16)2)26-18-11-19(24-14(3)23-18)27-20(4,5)6/h9-12H,8H2,1-7H3/b22-12+. The molecule has 0 aliphatic carbocycles. The van der Waals surface area contributed by atoms with Crippen molar-refractivity contribution in [3.05, 3.63) is 34.1 Å². The summed E-state index contributed by atoms with van der Waals surface area (Å²) >= 11 is 5.28. The van der Waals surface area contributed by atoms with Crippen molar-refractivity contribution in [3.8, 4) is 11.6 Å². The van der Waals surface area contributed by atoms with E-state index in [1.54, 1.807) is 11.8 Å². The van der Waals surface area contributed by atoms with Gasteiger partial charge in [0.2, 0.25) is 5.88 Å². The Bertz CT molecular complexity index is 833. The summed E-state index contributed by atoms with van der Waals surface area (Å²) in [5.41, 5.74) is 1.93. The predicted molar refractivity (Wildman–Crippen MR) is 118 cm³/mol. The molecule has 0 spiro atoms. The third-order valence-electron chi connectivity index (χ3n) is 3.56. The van der Waals surface area contributed by atoms with E-state index in [9.17, 15) is 0 Å². The second kappa shape index (κ2) is 9.06. The first kappa shape index (κ1) is 21.7. The first-order valence-electron chi connectivity index (χ1n) is 8.84. The number of hydrogen-bond donors (Lipinski definition) is 0. The van der Waals surface area contributed by atoms with Gasteiger partial charge in [-0.3, -0.25) is 0 Å². The number of thioether (sulfide) groups is 1. The molecule has 0 unspecified atom stereocenters. The summed E-state index contributed by atoms with van der Waals surface area (Å²) in [6.07, 6.45) is 1.83. The molecule has 1 aromatic carbocycles. The van der Waals surface area contributed by atoms with E-state index in [-0.39, 0.29) is 4.75 Å². The molecule has 2 aromatic rings. The number of aromatic nitrogens is 2. The highest BCUT2D eigenvalue weighted by Gasteiger charge is 2.16. The number of ether oxygens (including phenoxy) is 1. The van der Waals surface area contributed by atoms with Crippen LogP contribution in [-0.2, 0) is 0 Å². The molecular weight excluding hydrogens is 424 g/mol. The molecule has 27 heavy (non-hydrogen) atoms. The Morgan fingerprint density at radius 2 is 1.93 bits per heavy atom. The molecule has 5 nitrogen and oxygen atoms in total. The minimum Gasteiger partial charge on any atom is -0.438 e. The van der Waals surface area contributed by atoms with E-state index >= 15 is 0 Å². The smallest absolute Gasteiger partial charge is 0.223 e. The van der Waals surface area contributed by atoms with Gasteiger partial charge in [-0.2, -0.15) is 4.98 Å². The highest BCUT2D eigenvalue weighted by molar-refractivity contribution is 9.10. The fraction of sp³-hybridized carbons (Fsp3) is 0.450. The van der Waals surface area contributed by atoms with E-state index in [0.29, 0.717) is 17.5 Å². The molecule has 0 aliphatic rings. The van der Waals surface area contributed by atoms with Crippen LogP contribution in [0.15, 0.2) is 32.7 Å². The second-order valence-electron chi connectivity index (χ2n) is 7.30. The van der Waals surface area contributed by atoms with E-state index in [4.69, 9.17) is 4.74 Å². The molecule has 0 fully saturated rings. The molecule has 0 N–H and O–H groups in total. The van der Waals surface area contributed by atoms with Gasteiger partial charge < -0.3 is 9.64 Å². The van der Waals surface area contributed by atoms with Crippen LogP contribution in [0.1, 0.15) is 39.1 Å². The van der Waals surface area contributed by atoms with Gasteiger partial charge in [0.05, 0.1) is 16.5 Å². The molecule has 146 valence electrons. The van der Waals surface area contributed by atoms with Crippen LogP contribution in [0.3, 0.4) is 0 Å². The first-order valence-corrected chi connectivity index (χ1v) is 10.5. The summed E-state index contributed by atoms with van der Waals surface area (Å²) < 4.78 is 6.96. The molecule has 0 saturated heterocycles. The lowest BCUT2D eigenvalue weighted by molar-refractivity contribution is 0.454. The topological polar surface area (TPSA) is 50.6 Å². The average Bonchev–Trinajstić information content (AvgIpc) is 2.54. The fourth-order valence-corrected chi connectivity index (χ4v) is 3.53. The van der Waals surface area contributed by atoms with E-state index in [1.807, 2.05) is 50.3 Å². The number of rotatable bonds is 6. The maximum atomic E-state index is 6.05. The summed E-state index contributed by atoms with van der Waals surface area (Å²) in [6, 6.07) is 5.81. The predicted octanol–water partition coefficient (Wildman–Crippen LogP) is 6.15. The maximum absolute atomic E-state index is 6.05. The Balaban J connectivity index is 2.27. The van der Waals surface area contributed by atoms with Crippen molar-refractivity contribution in [2.45, 2.75) is 51.3 Å². The molecule has 1 aromatic heterocycles. The third-order valence-corrected chi connectivity index (χ3v) is 5.21. The number of aliphatic imine (C=N–C) groups is 1. The lowest BCUT2D eigenvalue weighted by atomic mass is 10.2. The maximum Gasteiger partial charge on any atom is 0.223 e. The number of benzene rings is 1. The SMILES string of the molecule is CCN(C)/C=N/c1cc(Br)c(Oc2cc(SC(C)(C)C)nc(C)n2)cc1C. The number of aryl methyl sites for hydroxylation is 2. The van der Waals surface area contributed by atoms with Gasteiger partial charge in [-0.15, -0.1) is 11.8 Å². The zero-order chi connectivity index (χ0) is 20.2. The van der Waals surface area contributed by atoms with Crippen molar-refractivity contribution >= 4 is 39.7 Å². The van der Waals surface area contributed by atoms with Crippen molar-refractivity contribution in [1.82, 2.24) is 14.9 Å². The van der Waals surface area contributed by atoms with E-state index in [1.165, 1.54) is 0 Å². The Hall–Kier alpha value is -1.60. The fourth-order valence-electron chi connectivity index (χ4n) is 2.15. The van der Waals surface area contributed by atoms with Crippen LogP contribution in [0.4, 0.5) is 5.69 Å². The molecule has 0 aliphatic heterocycles. The highest BCUT2D eigenvalue weighted by atomic mass is 79.9. The van der Waals surface area contributed by atoms with Crippen molar-refractivity contribution in [2.24, 2.45) is 4.99 Å². The van der Waals surface area contributed by atoms with E-state index in [2.05, 4.69) is 58.6 Å². The van der Waals surface area contributed by atoms with Gasteiger partial charge in [-0.1, -0.05) is 20.8 Å². The van der Waals surface area contributed by atoms with Crippen molar-refractivity contribution < 1.29 is 4.74 Å². The van der Waals surface area contributed by atoms with Gasteiger partial charge in [0.1, 0.15) is 16.6 Å². The molecule has 2 rings (SSSR count). The zero-order valence-electron chi connectivity index (χ0n) is 17.0. The molecule has 0 radical (unpaired) electrons. The van der Waals surface area contributed by atoms with Crippen LogP contribution in [-0.4, -0.2) is 39.5 Å². The monoisotopic (exact) mass is 450 g/mol. The Morgan fingerprint density at radius 1 is 1.22 bits per heavy atom. The summed E-state index contributed by atoms with van der Waals surface area (Å²) in [5.74, 6) is 1.94. The zero-order valence-corrected chi connectivity index (χ0v) is 19.4. The highest BCUT2D eigenvalue weighted by Crippen LogP contribution is 2.37. The van der Waals surface area contributed by atoms with Crippen molar-refractivity contribution in [1.29, 1.82) is 0 Å². The van der Waals surface area contributed by atoms with Crippen molar-refractivity contribution in [2.75, 3.05) is 13.6 Å². The van der Waals surface area contributed by atoms with Gasteiger partial charge >= 0.3 is 0 Å². The Morgan fingerprint density at radius 3 is 2.56 bits per heavy atom. The quantitative estimate of drug-likeness (QED) is 0.228. The number of hydrogen-bond acceptors (Lipinski definition) is 5. The average molecular weight is 451 g/mol. The molecule has 1 heterocycles. The molecule has 0 amide bonds. The van der Waals surface area contributed by atoms with Crippen molar-refractivity contribution in [3.63, 3.8) is 0 Å². The van der Waals surface area contributed by atoms with Gasteiger partial charge in [0.25, 0.3) is 0 Å². The number of halogens is 1. The molecule has 0 bridgehead atoms. The van der Waals surface area contributed by atoms with Crippen LogP contribution in [0.2, 0.25) is 0 Å². The van der Waals surface area contributed by atoms with Crippen LogP contribution in [0.25, 0.3) is 0 Å². The van der Waals surface area contributed by atoms with Gasteiger partial charge in [0.15, 0.2) is 0 Å². The molecule has 0 atom stereocenters. The minimum absolute atomic E-state index is 0.0700. The summed E-state index contributed by atoms with van der Waals surface area (Å²) in [4.78, 5) is 15.5. The Kier molecular flexibility index (Phi) is 7.28. The van der Waals surface area contributed by atoms with Gasteiger partial charge in [0, 0.05) is 24.4 Å². The van der Waals surface area contributed by atoms with E-state index in [0.717, 1.165) is 27.3 Å². The molecular formula is C20H27BrN4OS. The lowest BCUT2D eigenvalue weighted by Gasteiger charge is -2.17. The van der Waals surface area contributed by atoms with Crippen LogP contribution in [0.5, 0.6) is 11.6 Å². The molecule has 7 heteroatoms. The van der Waals surface area contributed by atoms with Gasteiger partial charge in [-0.05, 0) is 54.4 Å². The van der Waals surface area contributed by atoms with Crippen LogP contribution in [0, 0.1) is 13.8 Å². The van der Waals surface area contributed by atoms with Crippen LogP contribution >= 0.6 is 27.7 Å². The summed E-state index contributed by atoms with van der Waals surface area (Å²) in [6.45, 7) is 13.4. The summed E-state index contributed by atoms with van der Waals surface area (Å²) in [7, 11) is 2.00. The van der Waals surface area contributed by atoms with Gasteiger partial charge in [-0.25, -0.2) is 9.98 Å². The molecule has 0 saturated carbocycles. The van der Waals surface area contributed by atoms with Crippen LogP contribution < -0.4 is 4.74 Å². The third kappa shape index (κ3) is 6.81. The second-order valence-corrected chi connectivity index (χ2v) is 10.00. The minimum atomic E-state index is 0.0700. The Labute approximate surface area is 174 Å². The van der Waals surface area contributed by atoms with E-state index < -0.39 is 0 Å². The first-order chi connectivity index (χ1) is 12.6.